The predicted molar refractivity (Wildman–Crippen MR) is 81.2 cm³/mol. The van der Waals surface area contributed by atoms with E-state index in [1.807, 2.05) is 4.90 Å². The first-order valence-corrected chi connectivity index (χ1v) is 7.72. The summed E-state index contributed by atoms with van der Waals surface area (Å²) in [5.41, 5.74) is 2.88. The highest BCUT2D eigenvalue weighted by Gasteiger charge is 2.18. The second-order valence-electron chi connectivity index (χ2n) is 5.63. The summed E-state index contributed by atoms with van der Waals surface area (Å²) in [6, 6.07) is 8.66. The number of amides is 2. The molecule has 0 bridgehead atoms. The summed E-state index contributed by atoms with van der Waals surface area (Å²) < 4.78 is 5.25. The Morgan fingerprint density at radius 1 is 1.14 bits per heavy atom. The number of hydrogen-bond donors (Lipinski definition) is 1. The molecule has 114 valence electrons. The van der Waals surface area contributed by atoms with E-state index in [0.717, 1.165) is 26.1 Å². The van der Waals surface area contributed by atoms with Crippen LogP contribution in [0, 0.1) is 0 Å². The number of rotatable bonds is 3. The molecular formula is C16H23N3O2. The first kappa shape index (κ1) is 14.4. The smallest absolute Gasteiger partial charge is 0.317 e. The van der Waals surface area contributed by atoms with Crippen LogP contribution in [-0.4, -0.2) is 61.8 Å². The van der Waals surface area contributed by atoms with Gasteiger partial charge in [0.1, 0.15) is 0 Å². The van der Waals surface area contributed by atoms with Crippen LogP contribution in [0.5, 0.6) is 0 Å². The molecule has 2 amide bonds. The van der Waals surface area contributed by atoms with Gasteiger partial charge in [0.2, 0.25) is 0 Å². The van der Waals surface area contributed by atoms with Gasteiger partial charge in [0, 0.05) is 39.3 Å². The Kier molecular flexibility index (Phi) is 4.72. The molecule has 0 radical (unpaired) electrons. The number of ether oxygens (including phenoxy) is 1. The number of morpholine rings is 1. The molecule has 3 rings (SSSR count). The number of benzene rings is 1. The third-order valence-electron chi connectivity index (χ3n) is 4.21. The van der Waals surface area contributed by atoms with E-state index < -0.39 is 0 Å². The Morgan fingerprint density at radius 2 is 1.90 bits per heavy atom. The SMILES string of the molecule is O=C(NCCN1CCc2ccccc2C1)N1CCOCC1. The van der Waals surface area contributed by atoms with Gasteiger partial charge in [-0.1, -0.05) is 24.3 Å². The van der Waals surface area contributed by atoms with Gasteiger partial charge in [0.05, 0.1) is 13.2 Å². The van der Waals surface area contributed by atoms with Crippen molar-refractivity contribution in [3.05, 3.63) is 35.4 Å². The number of nitrogens with zero attached hydrogens (tertiary/aromatic N) is 2. The van der Waals surface area contributed by atoms with Gasteiger partial charge in [-0.25, -0.2) is 4.79 Å². The fourth-order valence-electron chi connectivity index (χ4n) is 2.94. The minimum absolute atomic E-state index is 0.0377. The van der Waals surface area contributed by atoms with Crippen LogP contribution in [0.2, 0.25) is 0 Å². The Labute approximate surface area is 125 Å². The summed E-state index contributed by atoms with van der Waals surface area (Å²) in [6.45, 7) is 6.37. The van der Waals surface area contributed by atoms with Crippen molar-refractivity contribution in [2.75, 3.05) is 45.9 Å². The summed E-state index contributed by atoms with van der Waals surface area (Å²) in [5, 5.41) is 3.01. The standard InChI is InChI=1S/C16H23N3O2/c20-16(19-9-11-21-12-10-19)17-6-8-18-7-5-14-3-1-2-4-15(14)13-18/h1-4H,5-13H2,(H,17,20). The highest BCUT2D eigenvalue weighted by Crippen LogP contribution is 2.17. The minimum atomic E-state index is 0.0377. The van der Waals surface area contributed by atoms with Gasteiger partial charge >= 0.3 is 6.03 Å². The molecule has 2 aliphatic rings. The number of nitrogens with one attached hydrogen (secondary N) is 1. The molecule has 0 atom stereocenters. The number of urea groups is 1. The lowest BCUT2D eigenvalue weighted by atomic mass is 10.00. The van der Waals surface area contributed by atoms with Gasteiger partial charge in [-0.2, -0.15) is 0 Å². The van der Waals surface area contributed by atoms with E-state index in [2.05, 4.69) is 34.5 Å². The minimum Gasteiger partial charge on any atom is -0.378 e. The van der Waals surface area contributed by atoms with Crippen molar-refractivity contribution < 1.29 is 9.53 Å². The number of carbonyl (C=O) groups excluding carboxylic acids is 1. The van der Waals surface area contributed by atoms with Crippen molar-refractivity contribution in [2.45, 2.75) is 13.0 Å². The Hall–Kier alpha value is -1.59. The maximum Gasteiger partial charge on any atom is 0.317 e. The zero-order valence-electron chi connectivity index (χ0n) is 12.4. The van der Waals surface area contributed by atoms with E-state index in [4.69, 9.17) is 4.74 Å². The topological polar surface area (TPSA) is 44.8 Å². The van der Waals surface area contributed by atoms with Gasteiger partial charge in [-0.05, 0) is 17.5 Å². The molecule has 1 saturated heterocycles. The molecule has 2 aliphatic heterocycles. The van der Waals surface area contributed by atoms with Crippen molar-refractivity contribution in [2.24, 2.45) is 0 Å². The van der Waals surface area contributed by atoms with Crippen LogP contribution in [0.25, 0.3) is 0 Å². The van der Waals surface area contributed by atoms with E-state index >= 15 is 0 Å². The summed E-state index contributed by atoms with van der Waals surface area (Å²) in [7, 11) is 0. The molecule has 21 heavy (non-hydrogen) atoms. The molecule has 2 heterocycles. The molecule has 0 aromatic heterocycles. The highest BCUT2D eigenvalue weighted by atomic mass is 16.5. The van der Waals surface area contributed by atoms with Crippen LogP contribution in [0.1, 0.15) is 11.1 Å². The molecule has 5 nitrogen and oxygen atoms in total. The molecule has 1 N–H and O–H groups in total. The molecule has 0 spiro atoms. The summed E-state index contributed by atoms with van der Waals surface area (Å²) in [5.74, 6) is 0. The summed E-state index contributed by atoms with van der Waals surface area (Å²) >= 11 is 0. The highest BCUT2D eigenvalue weighted by molar-refractivity contribution is 5.74. The first-order valence-electron chi connectivity index (χ1n) is 7.72. The lowest BCUT2D eigenvalue weighted by Crippen LogP contribution is -2.48. The van der Waals surface area contributed by atoms with Gasteiger partial charge < -0.3 is 15.0 Å². The fraction of sp³-hybridized carbons (Fsp3) is 0.562. The van der Waals surface area contributed by atoms with Crippen molar-refractivity contribution in [3.63, 3.8) is 0 Å². The third-order valence-corrected chi connectivity index (χ3v) is 4.21. The molecule has 1 fully saturated rings. The molecule has 0 saturated carbocycles. The lowest BCUT2D eigenvalue weighted by molar-refractivity contribution is 0.0530. The lowest BCUT2D eigenvalue weighted by Gasteiger charge is -2.30. The largest absolute Gasteiger partial charge is 0.378 e. The quantitative estimate of drug-likeness (QED) is 0.906. The van der Waals surface area contributed by atoms with Crippen LogP contribution in [-0.2, 0) is 17.7 Å². The second kappa shape index (κ2) is 6.91. The first-order chi connectivity index (χ1) is 10.3. The predicted octanol–water partition coefficient (Wildman–Crippen LogP) is 1.09. The van der Waals surface area contributed by atoms with Crippen LogP contribution < -0.4 is 5.32 Å². The van der Waals surface area contributed by atoms with E-state index in [1.54, 1.807) is 0 Å². The van der Waals surface area contributed by atoms with E-state index in [1.165, 1.54) is 11.1 Å². The molecule has 0 unspecified atom stereocenters. The van der Waals surface area contributed by atoms with Crippen molar-refractivity contribution in [1.82, 2.24) is 15.1 Å². The summed E-state index contributed by atoms with van der Waals surface area (Å²) in [4.78, 5) is 16.2. The van der Waals surface area contributed by atoms with Gasteiger partial charge in [0.25, 0.3) is 0 Å². The number of carbonyl (C=O) groups is 1. The van der Waals surface area contributed by atoms with Crippen LogP contribution in [0.4, 0.5) is 4.79 Å². The zero-order valence-corrected chi connectivity index (χ0v) is 12.4. The second-order valence-corrected chi connectivity index (χ2v) is 5.63. The van der Waals surface area contributed by atoms with Crippen molar-refractivity contribution in [1.29, 1.82) is 0 Å². The molecule has 5 heteroatoms. The van der Waals surface area contributed by atoms with Gasteiger partial charge in [0.15, 0.2) is 0 Å². The average molecular weight is 289 g/mol. The Balaban J connectivity index is 1.41. The van der Waals surface area contributed by atoms with E-state index in [0.29, 0.717) is 32.8 Å². The van der Waals surface area contributed by atoms with E-state index in [-0.39, 0.29) is 6.03 Å². The Morgan fingerprint density at radius 3 is 2.71 bits per heavy atom. The van der Waals surface area contributed by atoms with Crippen LogP contribution in [0.15, 0.2) is 24.3 Å². The Bertz CT molecular complexity index is 486. The zero-order chi connectivity index (χ0) is 14.5. The third kappa shape index (κ3) is 3.74. The molecule has 0 aliphatic carbocycles. The van der Waals surface area contributed by atoms with Crippen LogP contribution >= 0.6 is 0 Å². The van der Waals surface area contributed by atoms with Crippen LogP contribution in [0.3, 0.4) is 0 Å². The fourth-order valence-corrected chi connectivity index (χ4v) is 2.94. The van der Waals surface area contributed by atoms with Gasteiger partial charge in [-0.15, -0.1) is 0 Å². The monoisotopic (exact) mass is 289 g/mol. The molecule has 1 aromatic carbocycles. The van der Waals surface area contributed by atoms with Gasteiger partial charge in [-0.3, -0.25) is 4.90 Å². The maximum absolute atomic E-state index is 12.0. The van der Waals surface area contributed by atoms with Crippen molar-refractivity contribution in [3.8, 4) is 0 Å². The average Bonchev–Trinajstić information content (AvgIpc) is 2.55. The molecule has 1 aromatic rings. The summed E-state index contributed by atoms with van der Waals surface area (Å²) in [6.07, 6.45) is 1.10. The van der Waals surface area contributed by atoms with E-state index in [9.17, 15) is 4.79 Å². The normalized spacial score (nSPS) is 19.1. The molecular weight excluding hydrogens is 266 g/mol. The van der Waals surface area contributed by atoms with Crippen molar-refractivity contribution >= 4 is 6.03 Å². The number of hydrogen-bond acceptors (Lipinski definition) is 3. The maximum atomic E-state index is 12.0. The number of fused-ring (bicyclic) bond motifs is 1.